The van der Waals surface area contributed by atoms with E-state index in [1.54, 1.807) is 23.5 Å². The van der Waals surface area contributed by atoms with Crippen LogP contribution in [0.5, 0.6) is 5.75 Å². The van der Waals surface area contributed by atoms with Gasteiger partial charge in [0.1, 0.15) is 11.0 Å². The molecule has 4 rings (SSSR count). The number of nitrogens with zero attached hydrogens (tertiary/aromatic N) is 3. The molecule has 0 saturated carbocycles. The average molecular weight is 432 g/mol. The van der Waals surface area contributed by atoms with Gasteiger partial charge in [0.15, 0.2) is 0 Å². The molecule has 162 valence electrons. The molecule has 30 heavy (non-hydrogen) atoms. The zero-order chi connectivity index (χ0) is 21.1. The molecule has 0 N–H and O–H groups in total. The number of hydroxylamine groups is 2. The van der Waals surface area contributed by atoms with E-state index in [0.717, 1.165) is 30.9 Å². The molecule has 2 unspecified atom stereocenters. The van der Waals surface area contributed by atoms with E-state index in [0.29, 0.717) is 13.1 Å². The summed E-state index contributed by atoms with van der Waals surface area (Å²) in [5.41, 5.74) is 2.16. The minimum Gasteiger partial charge on any atom is -0.497 e. The molecular formula is C22H29N3O4S. The van der Waals surface area contributed by atoms with Crippen molar-refractivity contribution in [2.24, 2.45) is 0 Å². The third kappa shape index (κ3) is 4.38. The first-order valence-corrected chi connectivity index (χ1v) is 11.7. The van der Waals surface area contributed by atoms with Gasteiger partial charge in [-0.05, 0) is 23.3 Å². The summed E-state index contributed by atoms with van der Waals surface area (Å²) >= 11 is 0. The SMILES string of the molecule is COc1ccc(C2C(S(=O)(=O)N3CCN(Cc4ccccc4)CC3)CON2C)cc1. The quantitative estimate of drug-likeness (QED) is 0.698. The van der Waals surface area contributed by atoms with Crippen LogP contribution in [0.4, 0.5) is 0 Å². The molecule has 8 heteroatoms. The lowest BCUT2D eigenvalue weighted by molar-refractivity contribution is -0.110. The Balaban J connectivity index is 1.44. The highest BCUT2D eigenvalue weighted by Gasteiger charge is 2.46. The van der Waals surface area contributed by atoms with Crippen molar-refractivity contribution >= 4 is 10.0 Å². The molecular weight excluding hydrogens is 402 g/mol. The number of benzene rings is 2. The van der Waals surface area contributed by atoms with Gasteiger partial charge in [-0.15, -0.1) is 0 Å². The predicted octanol–water partition coefficient (Wildman–Crippen LogP) is 2.13. The largest absolute Gasteiger partial charge is 0.497 e. The topological polar surface area (TPSA) is 62.3 Å². The monoisotopic (exact) mass is 431 g/mol. The Hall–Kier alpha value is -1.97. The molecule has 0 aromatic heterocycles. The van der Waals surface area contributed by atoms with Crippen LogP contribution < -0.4 is 4.74 Å². The Labute approximate surface area is 178 Å². The Morgan fingerprint density at radius 3 is 2.30 bits per heavy atom. The number of rotatable bonds is 6. The Kier molecular flexibility index (Phi) is 6.40. The molecule has 2 saturated heterocycles. The summed E-state index contributed by atoms with van der Waals surface area (Å²) in [6.07, 6.45) is 0. The van der Waals surface area contributed by atoms with Gasteiger partial charge in [0.2, 0.25) is 10.0 Å². The number of methoxy groups -OCH3 is 1. The third-order valence-electron chi connectivity index (χ3n) is 5.97. The van der Waals surface area contributed by atoms with Crippen molar-refractivity contribution in [2.75, 3.05) is 46.9 Å². The summed E-state index contributed by atoms with van der Waals surface area (Å²) in [6.45, 7) is 3.48. The molecule has 7 nitrogen and oxygen atoms in total. The molecule has 0 radical (unpaired) electrons. The molecule has 0 amide bonds. The Bertz CT molecular complexity index is 929. The van der Waals surface area contributed by atoms with Crippen LogP contribution in [0.2, 0.25) is 0 Å². The molecule has 2 aromatic rings. The lowest BCUT2D eigenvalue weighted by atomic mass is 10.0. The third-order valence-corrected chi connectivity index (χ3v) is 8.21. The number of hydrogen-bond acceptors (Lipinski definition) is 6. The van der Waals surface area contributed by atoms with Crippen LogP contribution in [0.15, 0.2) is 54.6 Å². The molecule has 0 spiro atoms. The predicted molar refractivity (Wildman–Crippen MR) is 115 cm³/mol. The molecule has 0 bridgehead atoms. The van der Waals surface area contributed by atoms with Crippen LogP contribution in [0.1, 0.15) is 17.2 Å². The van der Waals surface area contributed by atoms with E-state index in [4.69, 9.17) is 9.57 Å². The van der Waals surface area contributed by atoms with E-state index in [2.05, 4.69) is 17.0 Å². The lowest BCUT2D eigenvalue weighted by Crippen LogP contribution is -2.51. The molecule has 2 aliphatic heterocycles. The smallest absolute Gasteiger partial charge is 0.221 e. The highest BCUT2D eigenvalue weighted by atomic mass is 32.2. The molecule has 2 aromatic carbocycles. The van der Waals surface area contributed by atoms with Crippen molar-refractivity contribution in [3.8, 4) is 5.75 Å². The first-order chi connectivity index (χ1) is 14.5. The summed E-state index contributed by atoms with van der Waals surface area (Å²) in [7, 11) is -0.0858. The summed E-state index contributed by atoms with van der Waals surface area (Å²) < 4.78 is 33.8. The lowest BCUT2D eigenvalue weighted by Gasteiger charge is -2.36. The van der Waals surface area contributed by atoms with Gasteiger partial charge in [-0.25, -0.2) is 8.42 Å². The first kappa shape index (κ1) is 21.3. The van der Waals surface area contributed by atoms with Crippen molar-refractivity contribution in [2.45, 2.75) is 17.8 Å². The van der Waals surface area contributed by atoms with Gasteiger partial charge in [-0.3, -0.25) is 9.74 Å². The van der Waals surface area contributed by atoms with Gasteiger partial charge in [-0.2, -0.15) is 9.37 Å². The Morgan fingerprint density at radius 1 is 1.00 bits per heavy atom. The van der Waals surface area contributed by atoms with Gasteiger partial charge in [0, 0.05) is 39.8 Å². The van der Waals surface area contributed by atoms with Gasteiger partial charge in [0.05, 0.1) is 19.8 Å². The van der Waals surface area contributed by atoms with Crippen LogP contribution >= 0.6 is 0 Å². The summed E-state index contributed by atoms with van der Waals surface area (Å²) in [5.74, 6) is 0.745. The molecule has 2 atom stereocenters. The van der Waals surface area contributed by atoms with Crippen molar-refractivity contribution in [1.82, 2.24) is 14.3 Å². The fraction of sp³-hybridized carbons (Fsp3) is 0.455. The van der Waals surface area contributed by atoms with E-state index in [-0.39, 0.29) is 12.6 Å². The van der Waals surface area contributed by atoms with Crippen molar-refractivity contribution in [3.63, 3.8) is 0 Å². The Morgan fingerprint density at radius 2 is 1.67 bits per heavy atom. The van der Waals surface area contributed by atoms with Gasteiger partial charge in [0.25, 0.3) is 0 Å². The van der Waals surface area contributed by atoms with E-state index in [1.807, 2.05) is 42.5 Å². The normalized spacial score (nSPS) is 24.2. The number of piperazine rings is 1. The minimum absolute atomic E-state index is 0.166. The van der Waals surface area contributed by atoms with Crippen LogP contribution in [0, 0.1) is 0 Å². The summed E-state index contributed by atoms with van der Waals surface area (Å²) in [4.78, 5) is 7.96. The fourth-order valence-electron chi connectivity index (χ4n) is 4.25. The second-order valence-electron chi connectivity index (χ2n) is 7.80. The summed E-state index contributed by atoms with van der Waals surface area (Å²) in [6, 6.07) is 17.5. The van der Waals surface area contributed by atoms with Gasteiger partial charge >= 0.3 is 0 Å². The maximum absolute atomic E-state index is 13.5. The fourth-order valence-corrected chi connectivity index (χ4v) is 6.19. The van der Waals surface area contributed by atoms with E-state index >= 15 is 0 Å². The number of sulfonamides is 1. The van der Waals surface area contributed by atoms with E-state index < -0.39 is 15.3 Å². The minimum atomic E-state index is -3.50. The molecule has 2 fully saturated rings. The standard InChI is InChI=1S/C22H29N3O4S/c1-23-22(19-8-10-20(28-2)11-9-19)21(17-29-23)30(26,27)25-14-12-24(13-15-25)16-18-6-4-3-5-7-18/h3-11,21-22H,12-17H2,1-2H3. The average Bonchev–Trinajstić information content (AvgIpc) is 3.17. The molecule has 2 heterocycles. The van der Waals surface area contributed by atoms with Gasteiger partial charge in [-0.1, -0.05) is 42.5 Å². The molecule has 0 aliphatic carbocycles. The zero-order valence-corrected chi connectivity index (χ0v) is 18.3. The molecule has 2 aliphatic rings. The van der Waals surface area contributed by atoms with E-state index in [9.17, 15) is 8.42 Å². The van der Waals surface area contributed by atoms with Crippen LogP contribution in [-0.4, -0.2) is 74.9 Å². The van der Waals surface area contributed by atoms with Crippen LogP contribution in [0.3, 0.4) is 0 Å². The summed E-state index contributed by atoms with van der Waals surface area (Å²) in [5, 5.41) is 1.03. The van der Waals surface area contributed by atoms with Crippen molar-refractivity contribution < 1.29 is 18.0 Å². The van der Waals surface area contributed by atoms with Crippen molar-refractivity contribution in [1.29, 1.82) is 0 Å². The number of hydrogen-bond donors (Lipinski definition) is 0. The first-order valence-electron chi connectivity index (χ1n) is 10.2. The highest BCUT2D eigenvalue weighted by Crippen LogP contribution is 2.35. The maximum atomic E-state index is 13.5. The van der Waals surface area contributed by atoms with E-state index in [1.165, 1.54) is 5.56 Å². The maximum Gasteiger partial charge on any atom is 0.221 e. The highest BCUT2D eigenvalue weighted by molar-refractivity contribution is 7.89. The number of ether oxygens (including phenoxy) is 1. The second-order valence-corrected chi connectivity index (χ2v) is 9.96. The van der Waals surface area contributed by atoms with Gasteiger partial charge < -0.3 is 4.74 Å². The van der Waals surface area contributed by atoms with Crippen LogP contribution in [-0.2, 0) is 21.4 Å². The second kappa shape index (κ2) is 9.03. The van der Waals surface area contributed by atoms with Crippen molar-refractivity contribution in [3.05, 3.63) is 65.7 Å². The zero-order valence-electron chi connectivity index (χ0n) is 17.5. The van der Waals surface area contributed by atoms with Crippen LogP contribution in [0.25, 0.3) is 0 Å².